The summed E-state index contributed by atoms with van der Waals surface area (Å²) in [7, 11) is 1.60. The smallest absolute Gasteiger partial charge is 0.408 e. The summed E-state index contributed by atoms with van der Waals surface area (Å²) in [5, 5.41) is 12.1. The van der Waals surface area contributed by atoms with Crippen LogP contribution in [0.25, 0.3) is 0 Å². The zero-order valence-corrected chi connectivity index (χ0v) is 14.4. The Kier molecular flexibility index (Phi) is 7.24. The molecular weight excluding hydrogens is 304 g/mol. The van der Waals surface area contributed by atoms with Crippen molar-refractivity contribution in [2.45, 2.75) is 38.3 Å². The summed E-state index contributed by atoms with van der Waals surface area (Å²) in [5.74, 6) is -1.05. The number of hydrogen-bond acceptors (Lipinski definition) is 6. The van der Waals surface area contributed by atoms with Crippen LogP contribution < -0.4 is 5.32 Å². The summed E-state index contributed by atoms with van der Waals surface area (Å²) in [6, 6.07) is 0. The third kappa shape index (κ3) is 6.72. The number of aliphatic carboxylic acids is 1. The molecule has 0 radical (unpaired) electrons. The molecule has 134 valence electrons. The highest BCUT2D eigenvalue weighted by molar-refractivity contribution is 5.85. The maximum Gasteiger partial charge on any atom is 0.408 e. The van der Waals surface area contributed by atoms with E-state index in [9.17, 15) is 14.7 Å². The van der Waals surface area contributed by atoms with E-state index in [4.69, 9.17) is 14.2 Å². The molecule has 0 saturated carbocycles. The summed E-state index contributed by atoms with van der Waals surface area (Å²) in [4.78, 5) is 25.5. The van der Waals surface area contributed by atoms with E-state index < -0.39 is 23.2 Å². The van der Waals surface area contributed by atoms with Crippen molar-refractivity contribution in [1.82, 2.24) is 10.2 Å². The average molecular weight is 332 g/mol. The zero-order chi connectivity index (χ0) is 17.5. The maximum absolute atomic E-state index is 11.9. The van der Waals surface area contributed by atoms with Crippen LogP contribution >= 0.6 is 0 Å². The van der Waals surface area contributed by atoms with E-state index in [0.717, 1.165) is 0 Å². The predicted molar refractivity (Wildman–Crippen MR) is 83.5 cm³/mol. The molecule has 1 saturated heterocycles. The van der Waals surface area contributed by atoms with Gasteiger partial charge in [-0.3, -0.25) is 4.90 Å². The van der Waals surface area contributed by atoms with Crippen molar-refractivity contribution in [3.63, 3.8) is 0 Å². The third-order valence-electron chi connectivity index (χ3n) is 3.48. The number of amides is 1. The molecule has 0 spiro atoms. The summed E-state index contributed by atoms with van der Waals surface area (Å²) in [6.45, 7) is 8.14. The van der Waals surface area contributed by atoms with Crippen LogP contribution in [0.4, 0.5) is 4.79 Å². The van der Waals surface area contributed by atoms with Crippen molar-refractivity contribution in [1.29, 1.82) is 0 Å². The second kappa shape index (κ2) is 8.47. The van der Waals surface area contributed by atoms with Crippen molar-refractivity contribution in [2.24, 2.45) is 0 Å². The minimum atomic E-state index is -1.31. The van der Waals surface area contributed by atoms with Crippen LogP contribution in [-0.4, -0.2) is 79.8 Å². The molecule has 0 aromatic carbocycles. The van der Waals surface area contributed by atoms with Gasteiger partial charge in [0.2, 0.25) is 0 Å². The van der Waals surface area contributed by atoms with E-state index >= 15 is 0 Å². The van der Waals surface area contributed by atoms with E-state index in [-0.39, 0.29) is 6.54 Å². The van der Waals surface area contributed by atoms with Gasteiger partial charge in [-0.2, -0.15) is 0 Å². The molecule has 8 heteroatoms. The minimum Gasteiger partial charge on any atom is -0.479 e. The van der Waals surface area contributed by atoms with E-state index in [1.54, 1.807) is 27.9 Å². The third-order valence-corrected chi connectivity index (χ3v) is 3.48. The molecule has 1 aliphatic rings. The highest BCUT2D eigenvalue weighted by Gasteiger charge is 2.46. The largest absolute Gasteiger partial charge is 0.479 e. The molecule has 0 aromatic heterocycles. The van der Waals surface area contributed by atoms with Crippen LogP contribution in [0.1, 0.15) is 27.2 Å². The lowest BCUT2D eigenvalue weighted by molar-refractivity contribution is -0.144. The number of alkyl carbamates (subject to hydrolysis) is 1. The van der Waals surface area contributed by atoms with Crippen LogP contribution in [0.15, 0.2) is 0 Å². The van der Waals surface area contributed by atoms with Gasteiger partial charge in [-0.05, 0) is 27.2 Å². The Bertz CT molecular complexity index is 409. The van der Waals surface area contributed by atoms with E-state index in [0.29, 0.717) is 39.3 Å². The molecule has 1 unspecified atom stereocenters. The Balaban J connectivity index is 2.50. The number of rotatable bonds is 8. The molecule has 0 aliphatic carbocycles. The number of carbonyl (C=O) groups is 2. The number of nitrogens with one attached hydrogen (secondary N) is 1. The first-order chi connectivity index (χ1) is 10.7. The number of hydrogen-bond donors (Lipinski definition) is 2. The van der Waals surface area contributed by atoms with Crippen molar-refractivity contribution in [3.8, 4) is 0 Å². The fourth-order valence-corrected chi connectivity index (χ4v) is 2.35. The number of likely N-dealkylation sites (tertiary alicyclic amines) is 1. The van der Waals surface area contributed by atoms with Gasteiger partial charge in [0.05, 0.1) is 19.8 Å². The van der Waals surface area contributed by atoms with Crippen molar-refractivity contribution in [3.05, 3.63) is 0 Å². The Labute approximate surface area is 137 Å². The highest BCUT2D eigenvalue weighted by atomic mass is 16.6. The Morgan fingerprint density at radius 2 is 1.96 bits per heavy atom. The fraction of sp³-hybridized carbons (Fsp3) is 0.867. The molecule has 1 aliphatic heterocycles. The van der Waals surface area contributed by atoms with E-state index in [1.165, 1.54) is 0 Å². The monoisotopic (exact) mass is 332 g/mol. The number of nitrogens with zero attached hydrogens (tertiary/aromatic N) is 1. The first-order valence-electron chi connectivity index (χ1n) is 7.72. The van der Waals surface area contributed by atoms with Crippen molar-refractivity contribution >= 4 is 12.1 Å². The molecular formula is C15H28N2O6. The summed E-state index contributed by atoms with van der Waals surface area (Å²) in [5.41, 5.74) is -1.98. The molecule has 1 heterocycles. The van der Waals surface area contributed by atoms with Gasteiger partial charge in [-0.1, -0.05) is 0 Å². The molecule has 8 nitrogen and oxygen atoms in total. The van der Waals surface area contributed by atoms with Gasteiger partial charge in [0.15, 0.2) is 5.54 Å². The summed E-state index contributed by atoms with van der Waals surface area (Å²) >= 11 is 0. The molecule has 1 atom stereocenters. The Hall–Kier alpha value is -1.38. The standard InChI is InChI=1S/C15H28N2O6/c1-14(2,3)23-13(20)16-15(12(18)19)5-6-17(11-15)7-8-22-10-9-21-4/h5-11H2,1-4H3,(H,16,20)(H,18,19). The second-order valence-electron chi connectivity index (χ2n) is 6.65. The van der Waals surface area contributed by atoms with E-state index in [1.807, 2.05) is 4.90 Å². The predicted octanol–water partition coefficient (Wildman–Crippen LogP) is 0.703. The maximum atomic E-state index is 11.9. The Morgan fingerprint density at radius 3 is 2.52 bits per heavy atom. The number of ether oxygens (including phenoxy) is 3. The van der Waals surface area contributed by atoms with Gasteiger partial charge < -0.3 is 24.6 Å². The molecule has 23 heavy (non-hydrogen) atoms. The van der Waals surface area contributed by atoms with Gasteiger partial charge in [0, 0.05) is 26.7 Å². The summed E-state index contributed by atoms with van der Waals surface area (Å²) < 4.78 is 15.4. The molecule has 0 bridgehead atoms. The molecule has 0 aromatic rings. The number of methoxy groups -OCH3 is 1. The van der Waals surface area contributed by atoms with Crippen LogP contribution in [0.3, 0.4) is 0 Å². The first-order valence-corrected chi connectivity index (χ1v) is 7.72. The van der Waals surface area contributed by atoms with E-state index in [2.05, 4.69) is 5.32 Å². The van der Waals surface area contributed by atoms with Crippen LogP contribution in [0.5, 0.6) is 0 Å². The number of carboxylic acid groups (broad SMARTS) is 1. The average Bonchev–Trinajstić information content (AvgIpc) is 2.81. The Morgan fingerprint density at radius 1 is 1.26 bits per heavy atom. The minimum absolute atomic E-state index is 0.231. The SMILES string of the molecule is COCCOCCN1CCC(NC(=O)OC(C)(C)C)(C(=O)O)C1. The van der Waals surface area contributed by atoms with Crippen molar-refractivity contribution in [2.75, 3.05) is 46.6 Å². The lowest BCUT2D eigenvalue weighted by atomic mass is 9.99. The summed E-state index contributed by atoms with van der Waals surface area (Å²) in [6.07, 6.45) is -0.377. The lowest BCUT2D eigenvalue weighted by Gasteiger charge is -2.28. The fourth-order valence-electron chi connectivity index (χ4n) is 2.35. The zero-order valence-electron chi connectivity index (χ0n) is 14.4. The second-order valence-corrected chi connectivity index (χ2v) is 6.65. The molecule has 2 N–H and O–H groups in total. The number of carbonyl (C=O) groups excluding carboxylic acids is 1. The quantitative estimate of drug-likeness (QED) is 0.632. The van der Waals surface area contributed by atoms with Gasteiger partial charge in [-0.25, -0.2) is 9.59 Å². The molecule has 1 rings (SSSR count). The van der Waals surface area contributed by atoms with Gasteiger partial charge in [-0.15, -0.1) is 0 Å². The first kappa shape index (κ1) is 19.7. The normalized spacial score (nSPS) is 22.1. The van der Waals surface area contributed by atoms with Crippen LogP contribution in [0.2, 0.25) is 0 Å². The molecule has 1 amide bonds. The van der Waals surface area contributed by atoms with Crippen LogP contribution in [0, 0.1) is 0 Å². The van der Waals surface area contributed by atoms with Gasteiger partial charge in [0.1, 0.15) is 5.60 Å². The van der Waals surface area contributed by atoms with Gasteiger partial charge in [0.25, 0.3) is 0 Å². The highest BCUT2D eigenvalue weighted by Crippen LogP contribution is 2.22. The van der Waals surface area contributed by atoms with Crippen molar-refractivity contribution < 1.29 is 28.9 Å². The topological polar surface area (TPSA) is 97.3 Å². The molecule has 1 fully saturated rings. The van der Waals surface area contributed by atoms with Crippen LogP contribution in [-0.2, 0) is 19.0 Å². The lowest BCUT2D eigenvalue weighted by Crippen LogP contribution is -2.57. The number of carboxylic acids is 1. The van der Waals surface area contributed by atoms with Gasteiger partial charge >= 0.3 is 12.1 Å².